The molecule has 1 aliphatic carbocycles. The van der Waals surface area contributed by atoms with Crippen molar-refractivity contribution in [3.05, 3.63) is 24.0 Å². The second-order valence-corrected chi connectivity index (χ2v) is 6.44. The first kappa shape index (κ1) is 13.7. The summed E-state index contributed by atoms with van der Waals surface area (Å²) in [4.78, 5) is 12.3. The first-order valence-corrected chi connectivity index (χ1v) is 7.86. The summed E-state index contributed by atoms with van der Waals surface area (Å²) in [6.45, 7) is 1.03. The minimum Gasteiger partial charge on any atom is -0.348 e. The van der Waals surface area contributed by atoms with Gasteiger partial charge in [0.25, 0.3) is 5.91 Å². The standard InChI is InChI=1S/C16H25N3O/c1-19-11-5-6-14(19)15(20)18-13-7-10-17-16(12-13)8-3-2-4-9-16/h5-6,11,13,17H,2-4,7-10,12H2,1H3,(H,18,20). The molecule has 3 rings (SSSR count). The van der Waals surface area contributed by atoms with Crippen molar-refractivity contribution < 1.29 is 4.79 Å². The molecular formula is C16H25N3O. The molecule has 0 radical (unpaired) electrons. The van der Waals surface area contributed by atoms with Crippen LogP contribution < -0.4 is 10.6 Å². The molecule has 1 aliphatic heterocycles. The van der Waals surface area contributed by atoms with Crippen molar-refractivity contribution in [2.45, 2.75) is 56.5 Å². The van der Waals surface area contributed by atoms with Gasteiger partial charge in [-0.2, -0.15) is 0 Å². The lowest BCUT2D eigenvalue weighted by molar-refractivity contribution is 0.0884. The largest absolute Gasteiger partial charge is 0.348 e. The van der Waals surface area contributed by atoms with Crippen LogP contribution in [0.4, 0.5) is 0 Å². The van der Waals surface area contributed by atoms with Crippen molar-refractivity contribution in [2.75, 3.05) is 6.54 Å². The Morgan fingerprint density at radius 1 is 1.40 bits per heavy atom. The number of hydrogen-bond acceptors (Lipinski definition) is 2. The molecule has 2 aliphatic rings. The number of piperidine rings is 1. The molecule has 0 bridgehead atoms. The summed E-state index contributed by atoms with van der Waals surface area (Å²) in [6, 6.07) is 4.11. The van der Waals surface area contributed by atoms with E-state index in [2.05, 4.69) is 10.6 Å². The molecule has 4 nitrogen and oxygen atoms in total. The number of rotatable bonds is 2. The molecule has 4 heteroatoms. The second kappa shape index (κ2) is 5.60. The lowest BCUT2D eigenvalue weighted by Crippen LogP contribution is -2.57. The van der Waals surface area contributed by atoms with E-state index in [1.54, 1.807) is 0 Å². The zero-order chi connectivity index (χ0) is 14.0. The topological polar surface area (TPSA) is 46.1 Å². The lowest BCUT2D eigenvalue weighted by Gasteiger charge is -2.44. The van der Waals surface area contributed by atoms with Crippen molar-refractivity contribution in [3.63, 3.8) is 0 Å². The van der Waals surface area contributed by atoms with Crippen molar-refractivity contribution in [3.8, 4) is 0 Å². The van der Waals surface area contributed by atoms with E-state index >= 15 is 0 Å². The fourth-order valence-corrected chi connectivity index (χ4v) is 3.85. The summed E-state index contributed by atoms with van der Waals surface area (Å²) in [5, 5.41) is 6.96. The molecule has 110 valence electrons. The Kier molecular flexibility index (Phi) is 3.83. The third-order valence-electron chi connectivity index (χ3n) is 4.95. The first-order valence-electron chi connectivity index (χ1n) is 7.86. The average Bonchev–Trinajstić information content (AvgIpc) is 2.86. The minimum absolute atomic E-state index is 0.0651. The molecule has 1 aromatic heterocycles. The van der Waals surface area contributed by atoms with Gasteiger partial charge in [0.2, 0.25) is 0 Å². The number of carbonyl (C=O) groups excluding carboxylic acids is 1. The maximum absolute atomic E-state index is 12.3. The maximum atomic E-state index is 12.3. The van der Waals surface area contributed by atoms with Crippen LogP contribution in [0.1, 0.15) is 55.4 Å². The number of aromatic nitrogens is 1. The molecule has 1 atom stereocenters. The van der Waals surface area contributed by atoms with E-state index in [-0.39, 0.29) is 5.91 Å². The molecule has 1 amide bonds. The number of amides is 1. The number of hydrogen-bond donors (Lipinski definition) is 2. The highest BCUT2D eigenvalue weighted by molar-refractivity contribution is 5.92. The van der Waals surface area contributed by atoms with Crippen LogP contribution in [-0.4, -0.2) is 28.6 Å². The Hall–Kier alpha value is -1.29. The van der Waals surface area contributed by atoms with Crippen molar-refractivity contribution >= 4 is 5.91 Å². The van der Waals surface area contributed by atoms with E-state index in [0.29, 0.717) is 11.6 Å². The van der Waals surface area contributed by atoms with Gasteiger partial charge in [-0.05, 0) is 44.4 Å². The van der Waals surface area contributed by atoms with Gasteiger partial charge in [0, 0.05) is 24.8 Å². The van der Waals surface area contributed by atoms with E-state index in [4.69, 9.17) is 0 Å². The Labute approximate surface area is 120 Å². The average molecular weight is 275 g/mol. The molecule has 2 N–H and O–H groups in total. The Balaban J connectivity index is 1.63. The maximum Gasteiger partial charge on any atom is 0.268 e. The van der Waals surface area contributed by atoms with E-state index in [1.807, 2.05) is 29.9 Å². The predicted octanol–water partition coefficient (Wildman–Crippen LogP) is 2.21. The fraction of sp³-hybridized carbons (Fsp3) is 0.688. The Morgan fingerprint density at radius 3 is 2.90 bits per heavy atom. The monoisotopic (exact) mass is 275 g/mol. The molecule has 1 unspecified atom stereocenters. The smallest absolute Gasteiger partial charge is 0.268 e. The number of nitrogens with zero attached hydrogens (tertiary/aromatic N) is 1. The fourth-order valence-electron chi connectivity index (χ4n) is 3.85. The summed E-state index contributed by atoms with van der Waals surface area (Å²) in [5.74, 6) is 0.0651. The molecule has 1 saturated carbocycles. The highest BCUT2D eigenvalue weighted by Gasteiger charge is 2.37. The lowest BCUT2D eigenvalue weighted by atomic mass is 9.75. The van der Waals surface area contributed by atoms with Gasteiger partial charge >= 0.3 is 0 Å². The summed E-state index contributed by atoms with van der Waals surface area (Å²) in [7, 11) is 1.92. The van der Waals surface area contributed by atoms with Gasteiger partial charge in [-0.3, -0.25) is 4.79 Å². The van der Waals surface area contributed by atoms with Gasteiger partial charge in [0.15, 0.2) is 0 Å². The molecule has 1 aromatic rings. The van der Waals surface area contributed by atoms with Gasteiger partial charge in [-0.1, -0.05) is 19.3 Å². The van der Waals surface area contributed by atoms with E-state index < -0.39 is 0 Å². The van der Waals surface area contributed by atoms with Crippen LogP contribution >= 0.6 is 0 Å². The molecule has 2 heterocycles. The van der Waals surface area contributed by atoms with Gasteiger partial charge in [0.1, 0.15) is 5.69 Å². The van der Waals surface area contributed by atoms with Gasteiger partial charge in [-0.25, -0.2) is 0 Å². The Bertz CT molecular complexity index is 468. The minimum atomic E-state index is 0.0651. The van der Waals surface area contributed by atoms with E-state index in [1.165, 1.54) is 32.1 Å². The van der Waals surface area contributed by atoms with Crippen LogP contribution in [0.5, 0.6) is 0 Å². The third kappa shape index (κ3) is 2.75. The van der Waals surface area contributed by atoms with Crippen molar-refractivity contribution in [2.24, 2.45) is 7.05 Å². The van der Waals surface area contributed by atoms with Gasteiger partial charge < -0.3 is 15.2 Å². The quantitative estimate of drug-likeness (QED) is 0.869. The summed E-state index contributed by atoms with van der Waals surface area (Å²) >= 11 is 0. The second-order valence-electron chi connectivity index (χ2n) is 6.44. The van der Waals surface area contributed by atoms with Crippen molar-refractivity contribution in [1.82, 2.24) is 15.2 Å². The number of nitrogens with one attached hydrogen (secondary N) is 2. The zero-order valence-electron chi connectivity index (χ0n) is 12.3. The highest BCUT2D eigenvalue weighted by Crippen LogP contribution is 2.34. The molecule has 1 saturated heterocycles. The highest BCUT2D eigenvalue weighted by atomic mass is 16.2. The van der Waals surface area contributed by atoms with E-state index in [9.17, 15) is 4.79 Å². The van der Waals surface area contributed by atoms with Crippen LogP contribution in [0.25, 0.3) is 0 Å². The van der Waals surface area contributed by atoms with Crippen LogP contribution in [0.3, 0.4) is 0 Å². The number of aryl methyl sites for hydroxylation is 1. The number of carbonyl (C=O) groups is 1. The van der Waals surface area contributed by atoms with E-state index in [0.717, 1.165) is 25.1 Å². The van der Waals surface area contributed by atoms with Gasteiger partial charge in [0.05, 0.1) is 0 Å². The molecule has 20 heavy (non-hydrogen) atoms. The predicted molar refractivity (Wildman–Crippen MR) is 79.7 cm³/mol. The van der Waals surface area contributed by atoms with Gasteiger partial charge in [-0.15, -0.1) is 0 Å². The molecule has 0 aromatic carbocycles. The third-order valence-corrected chi connectivity index (χ3v) is 4.95. The zero-order valence-corrected chi connectivity index (χ0v) is 12.3. The molecule has 1 spiro atoms. The summed E-state index contributed by atoms with van der Waals surface area (Å²) < 4.78 is 1.88. The molecule has 2 fully saturated rings. The molecular weight excluding hydrogens is 250 g/mol. The van der Waals surface area contributed by atoms with Crippen LogP contribution in [0.15, 0.2) is 18.3 Å². The van der Waals surface area contributed by atoms with Crippen molar-refractivity contribution in [1.29, 1.82) is 0 Å². The normalized spacial score (nSPS) is 25.6. The summed E-state index contributed by atoms with van der Waals surface area (Å²) in [5.41, 5.74) is 1.05. The van der Waals surface area contributed by atoms with Crippen LogP contribution in [0, 0.1) is 0 Å². The Morgan fingerprint density at radius 2 is 2.20 bits per heavy atom. The SMILES string of the molecule is Cn1cccc1C(=O)NC1CCNC2(CCCCC2)C1. The summed E-state index contributed by atoms with van der Waals surface area (Å²) in [6.07, 6.45) is 10.6. The van der Waals surface area contributed by atoms with Crippen LogP contribution in [-0.2, 0) is 7.05 Å². The van der Waals surface area contributed by atoms with Crippen LogP contribution in [0.2, 0.25) is 0 Å². The first-order chi connectivity index (χ1) is 9.69.